The van der Waals surface area contributed by atoms with Gasteiger partial charge in [-0.2, -0.15) is 0 Å². The summed E-state index contributed by atoms with van der Waals surface area (Å²) < 4.78 is 5.78. The number of hydrogen-bond acceptors (Lipinski definition) is 4. The Morgan fingerprint density at radius 1 is 1.15 bits per heavy atom. The van der Waals surface area contributed by atoms with Gasteiger partial charge in [0, 0.05) is 39.3 Å². The monoisotopic (exact) mass is 359 g/mol. The fourth-order valence-corrected chi connectivity index (χ4v) is 3.85. The minimum Gasteiger partial charge on any atom is -0.356 e. The lowest BCUT2D eigenvalue weighted by molar-refractivity contribution is -0.168. The van der Waals surface area contributed by atoms with Crippen LogP contribution in [0.1, 0.15) is 31.0 Å². The number of carbonyl (C=O) groups is 2. The molecule has 6 heteroatoms. The van der Waals surface area contributed by atoms with Crippen molar-refractivity contribution in [1.29, 1.82) is 0 Å². The van der Waals surface area contributed by atoms with Crippen LogP contribution in [-0.2, 0) is 14.3 Å². The van der Waals surface area contributed by atoms with Crippen LogP contribution in [0.2, 0.25) is 0 Å². The lowest BCUT2D eigenvalue weighted by Gasteiger charge is -2.43. The fourth-order valence-electron chi connectivity index (χ4n) is 3.85. The van der Waals surface area contributed by atoms with E-state index in [1.165, 1.54) is 0 Å². The molecule has 3 rings (SSSR count). The predicted octanol–water partition coefficient (Wildman–Crippen LogP) is 1.45. The number of carbonyl (C=O) groups excluding carboxylic acids is 2. The molecule has 0 bridgehead atoms. The zero-order valence-corrected chi connectivity index (χ0v) is 16.1. The van der Waals surface area contributed by atoms with Gasteiger partial charge in [0.2, 0.25) is 5.91 Å². The van der Waals surface area contributed by atoms with Crippen molar-refractivity contribution in [2.75, 3.05) is 39.8 Å². The van der Waals surface area contributed by atoms with Gasteiger partial charge in [0.1, 0.15) is 6.61 Å². The Bertz CT molecular complexity index is 668. The van der Waals surface area contributed by atoms with Crippen LogP contribution < -0.4 is 0 Å². The number of hydrogen-bond donors (Lipinski definition) is 0. The molecule has 26 heavy (non-hydrogen) atoms. The molecule has 2 amide bonds. The van der Waals surface area contributed by atoms with Gasteiger partial charge in [-0.1, -0.05) is 24.3 Å². The molecule has 1 aromatic carbocycles. The number of benzene rings is 1. The van der Waals surface area contributed by atoms with Crippen LogP contribution in [0.4, 0.5) is 0 Å². The molecule has 2 aliphatic heterocycles. The molecule has 0 spiro atoms. The number of rotatable bonds is 3. The molecule has 2 unspecified atom stereocenters. The summed E-state index contributed by atoms with van der Waals surface area (Å²) >= 11 is 0. The molecule has 0 saturated carbocycles. The quantitative estimate of drug-likeness (QED) is 0.820. The molecule has 2 aliphatic rings. The first-order valence-electron chi connectivity index (χ1n) is 9.35. The minimum atomic E-state index is -0.649. The Hall–Kier alpha value is -1.92. The maximum Gasteiger partial charge on any atom is 0.254 e. The average Bonchev–Trinajstić information content (AvgIpc) is 2.64. The van der Waals surface area contributed by atoms with Gasteiger partial charge in [0.05, 0.1) is 6.04 Å². The summed E-state index contributed by atoms with van der Waals surface area (Å²) in [6.07, 6.45) is -0.649. The van der Waals surface area contributed by atoms with Crippen molar-refractivity contribution in [3.05, 3.63) is 35.4 Å². The summed E-state index contributed by atoms with van der Waals surface area (Å²) in [4.78, 5) is 31.4. The molecule has 2 heterocycles. The molecule has 0 aliphatic carbocycles. The Balaban J connectivity index is 1.81. The van der Waals surface area contributed by atoms with E-state index >= 15 is 0 Å². The number of amides is 2. The number of ether oxygens (including phenoxy) is 1. The van der Waals surface area contributed by atoms with Gasteiger partial charge < -0.3 is 14.5 Å². The topological polar surface area (TPSA) is 53.1 Å². The van der Waals surface area contributed by atoms with Crippen LogP contribution in [0, 0.1) is 6.92 Å². The second-order valence-electron chi connectivity index (χ2n) is 7.49. The van der Waals surface area contributed by atoms with Gasteiger partial charge in [-0.3, -0.25) is 14.5 Å². The number of nitrogens with zero attached hydrogens (tertiary/aromatic N) is 3. The van der Waals surface area contributed by atoms with Crippen LogP contribution in [0.5, 0.6) is 0 Å². The molecular weight excluding hydrogens is 330 g/mol. The van der Waals surface area contributed by atoms with Crippen LogP contribution in [0.3, 0.4) is 0 Å². The Kier molecular flexibility index (Phi) is 5.63. The van der Waals surface area contributed by atoms with E-state index in [0.717, 1.165) is 24.2 Å². The number of aryl methyl sites for hydroxylation is 1. The minimum absolute atomic E-state index is 0.0130. The maximum atomic E-state index is 13.2. The van der Waals surface area contributed by atoms with Crippen molar-refractivity contribution in [2.24, 2.45) is 0 Å². The van der Waals surface area contributed by atoms with E-state index in [0.29, 0.717) is 19.1 Å². The van der Waals surface area contributed by atoms with Crippen molar-refractivity contribution < 1.29 is 14.3 Å². The molecule has 0 aromatic heterocycles. The fraction of sp³-hybridized carbons (Fsp3) is 0.600. The van der Waals surface area contributed by atoms with E-state index in [1.807, 2.05) is 36.1 Å². The van der Waals surface area contributed by atoms with E-state index in [9.17, 15) is 9.59 Å². The van der Waals surface area contributed by atoms with Gasteiger partial charge in [0.15, 0.2) is 6.10 Å². The van der Waals surface area contributed by atoms with E-state index < -0.39 is 6.10 Å². The second-order valence-corrected chi connectivity index (χ2v) is 7.49. The third-order valence-electron chi connectivity index (χ3n) is 5.59. The third kappa shape index (κ3) is 3.62. The van der Waals surface area contributed by atoms with Gasteiger partial charge >= 0.3 is 0 Å². The smallest absolute Gasteiger partial charge is 0.254 e. The molecule has 1 aromatic rings. The van der Waals surface area contributed by atoms with E-state index in [4.69, 9.17) is 4.74 Å². The first kappa shape index (κ1) is 18.9. The van der Waals surface area contributed by atoms with Crippen LogP contribution in [-0.4, -0.2) is 78.5 Å². The Morgan fingerprint density at radius 2 is 1.81 bits per heavy atom. The molecule has 142 valence electrons. The number of piperazine rings is 1. The molecule has 2 saturated heterocycles. The van der Waals surface area contributed by atoms with E-state index in [1.54, 1.807) is 11.9 Å². The lowest BCUT2D eigenvalue weighted by Crippen LogP contribution is -2.58. The maximum absolute atomic E-state index is 13.2. The van der Waals surface area contributed by atoms with Crippen molar-refractivity contribution in [1.82, 2.24) is 14.7 Å². The standard InChI is InChI=1S/C20H29N3O3/c1-14(2)22-9-11-23(12-10-22)20(25)19-18(21(4)17(24)13-26-19)16-8-6-5-7-15(16)3/h5-8,14,18-19H,9-13H2,1-4H3. The lowest BCUT2D eigenvalue weighted by atomic mass is 9.93. The summed E-state index contributed by atoms with van der Waals surface area (Å²) in [5, 5.41) is 0. The van der Waals surface area contributed by atoms with Crippen molar-refractivity contribution in [3.63, 3.8) is 0 Å². The second kappa shape index (κ2) is 7.76. The zero-order valence-electron chi connectivity index (χ0n) is 16.1. The van der Waals surface area contributed by atoms with Gasteiger partial charge in [-0.05, 0) is 31.9 Å². The summed E-state index contributed by atoms with van der Waals surface area (Å²) in [6.45, 7) is 9.48. The SMILES string of the molecule is Cc1ccccc1C1C(C(=O)N2CCN(C(C)C)CC2)OCC(=O)N1C. The predicted molar refractivity (Wildman–Crippen MR) is 99.7 cm³/mol. The van der Waals surface area contributed by atoms with Gasteiger partial charge in [-0.15, -0.1) is 0 Å². The highest BCUT2D eigenvalue weighted by Crippen LogP contribution is 2.32. The molecule has 2 atom stereocenters. The van der Waals surface area contributed by atoms with E-state index in [2.05, 4.69) is 18.7 Å². The van der Waals surface area contributed by atoms with Crippen LogP contribution in [0.15, 0.2) is 24.3 Å². The summed E-state index contributed by atoms with van der Waals surface area (Å²) in [5.74, 6) is -0.104. The van der Waals surface area contributed by atoms with E-state index in [-0.39, 0.29) is 24.5 Å². The first-order chi connectivity index (χ1) is 12.4. The molecular formula is C20H29N3O3. The average molecular weight is 359 g/mol. The normalized spacial score (nSPS) is 25.0. The van der Waals surface area contributed by atoms with Crippen LogP contribution >= 0.6 is 0 Å². The first-order valence-corrected chi connectivity index (χ1v) is 9.35. The number of likely N-dealkylation sites (N-methyl/N-ethyl adjacent to an activating group) is 1. The Labute approximate surface area is 155 Å². The largest absolute Gasteiger partial charge is 0.356 e. The van der Waals surface area contributed by atoms with Crippen molar-refractivity contribution in [3.8, 4) is 0 Å². The molecule has 6 nitrogen and oxygen atoms in total. The van der Waals surface area contributed by atoms with Crippen LogP contribution in [0.25, 0.3) is 0 Å². The van der Waals surface area contributed by atoms with Gasteiger partial charge in [0.25, 0.3) is 5.91 Å². The molecule has 0 radical (unpaired) electrons. The third-order valence-corrected chi connectivity index (χ3v) is 5.59. The zero-order chi connectivity index (χ0) is 18.8. The summed E-state index contributed by atoms with van der Waals surface area (Å²) in [6, 6.07) is 8.00. The van der Waals surface area contributed by atoms with Crippen molar-refractivity contribution >= 4 is 11.8 Å². The Morgan fingerprint density at radius 3 is 2.42 bits per heavy atom. The molecule has 0 N–H and O–H groups in total. The highest BCUT2D eigenvalue weighted by atomic mass is 16.5. The summed E-state index contributed by atoms with van der Waals surface area (Å²) in [7, 11) is 1.76. The highest BCUT2D eigenvalue weighted by molar-refractivity contribution is 5.86. The molecule has 2 fully saturated rings. The highest BCUT2D eigenvalue weighted by Gasteiger charge is 2.42. The number of morpholine rings is 1. The van der Waals surface area contributed by atoms with Gasteiger partial charge in [-0.25, -0.2) is 0 Å². The van der Waals surface area contributed by atoms with Crippen molar-refractivity contribution in [2.45, 2.75) is 39.0 Å². The summed E-state index contributed by atoms with van der Waals surface area (Å²) in [5.41, 5.74) is 2.03.